The third kappa shape index (κ3) is 4.45. The summed E-state index contributed by atoms with van der Waals surface area (Å²) in [6, 6.07) is 16.4. The van der Waals surface area contributed by atoms with Crippen molar-refractivity contribution < 1.29 is 0 Å². The van der Waals surface area contributed by atoms with Gasteiger partial charge in [0.05, 0.1) is 16.9 Å². The number of rotatable bonds is 7. The van der Waals surface area contributed by atoms with Crippen LogP contribution in [-0.2, 0) is 6.42 Å². The third-order valence-corrected chi connectivity index (χ3v) is 5.02. The smallest absolute Gasteiger partial charge is 0.258 e. The molecule has 27 heavy (non-hydrogen) atoms. The Morgan fingerprint density at radius 3 is 2.41 bits per heavy atom. The van der Waals surface area contributed by atoms with Crippen LogP contribution in [0.1, 0.15) is 63.2 Å². The first-order valence-electron chi connectivity index (χ1n) is 9.83. The van der Waals surface area contributed by atoms with Gasteiger partial charge < -0.3 is 10.3 Å². The second-order valence-corrected chi connectivity index (χ2v) is 7.57. The molecule has 2 aromatic carbocycles. The van der Waals surface area contributed by atoms with Crippen molar-refractivity contribution in [2.75, 3.05) is 0 Å². The van der Waals surface area contributed by atoms with Crippen molar-refractivity contribution in [2.45, 2.75) is 52.6 Å². The summed E-state index contributed by atoms with van der Waals surface area (Å²) >= 11 is 0. The zero-order valence-electron chi connectivity index (χ0n) is 16.6. The number of aromatic nitrogens is 2. The van der Waals surface area contributed by atoms with E-state index in [1.165, 1.54) is 11.1 Å². The second-order valence-electron chi connectivity index (χ2n) is 7.57. The minimum absolute atomic E-state index is 0.0648. The number of benzene rings is 2. The molecule has 0 unspecified atom stereocenters. The maximum absolute atomic E-state index is 12.4. The summed E-state index contributed by atoms with van der Waals surface area (Å²) in [4.78, 5) is 20.0. The molecule has 142 valence electrons. The molecule has 0 aliphatic carbocycles. The van der Waals surface area contributed by atoms with Gasteiger partial charge in [0.25, 0.3) is 5.56 Å². The number of fused-ring (bicyclic) bond motifs is 1. The van der Waals surface area contributed by atoms with E-state index in [1.807, 2.05) is 25.1 Å². The first-order chi connectivity index (χ1) is 13.0. The standard InChI is InChI=1S/C23H29N3O/c1-5-8-17-11-13-18(14-12-17)21(15(2)3)24-16(4)22-25-20-10-7-6-9-19(20)23(27)26-22/h6-7,9-16,21,24H,5,8H2,1-4H3,(H,25,26,27)/t16-,21+/m0/s1. The normalized spacial score (nSPS) is 13.8. The van der Waals surface area contributed by atoms with Crippen molar-refractivity contribution in [1.29, 1.82) is 0 Å². The molecular weight excluding hydrogens is 334 g/mol. The first kappa shape index (κ1) is 19.3. The molecular formula is C23H29N3O. The Hall–Kier alpha value is -2.46. The van der Waals surface area contributed by atoms with E-state index in [0.29, 0.717) is 17.1 Å². The van der Waals surface area contributed by atoms with Crippen LogP contribution in [0.2, 0.25) is 0 Å². The molecule has 4 heteroatoms. The molecule has 0 spiro atoms. The Bertz CT molecular complexity index is 944. The van der Waals surface area contributed by atoms with Crippen molar-refractivity contribution >= 4 is 10.9 Å². The number of nitrogens with zero attached hydrogens (tertiary/aromatic N) is 1. The zero-order chi connectivity index (χ0) is 19.4. The number of hydrogen-bond donors (Lipinski definition) is 2. The van der Waals surface area contributed by atoms with Crippen molar-refractivity contribution in [2.24, 2.45) is 5.92 Å². The predicted molar refractivity (Wildman–Crippen MR) is 112 cm³/mol. The molecule has 0 saturated carbocycles. The Kier molecular flexibility index (Phi) is 6.07. The van der Waals surface area contributed by atoms with E-state index in [-0.39, 0.29) is 17.6 Å². The van der Waals surface area contributed by atoms with E-state index in [1.54, 1.807) is 6.07 Å². The highest BCUT2D eigenvalue weighted by atomic mass is 16.1. The number of nitrogens with one attached hydrogen (secondary N) is 2. The van der Waals surface area contributed by atoms with Gasteiger partial charge >= 0.3 is 0 Å². The summed E-state index contributed by atoms with van der Waals surface area (Å²) in [7, 11) is 0. The van der Waals surface area contributed by atoms with Crippen LogP contribution < -0.4 is 10.9 Å². The highest BCUT2D eigenvalue weighted by molar-refractivity contribution is 5.77. The number of aryl methyl sites for hydroxylation is 1. The van der Waals surface area contributed by atoms with Gasteiger partial charge in [0.15, 0.2) is 0 Å². The highest BCUT2D eigenvalue weighted by Crippen LogP contribution is 2.25. The Morgan fingerprint density at radius 2 is 1.74 bits per heavy atom. The molecule has 1 heterocycles. The Morgan fingerprint density at radius 1 is 1.04 bits per heavy atom. The maximum atomic E-state index is 12.4. The summed E-state index contributed by atoms with van der Waals surface area (Å²) in [5.41, 5.74) is 3.28. The van der Waals surface area contributed by atoms with Gasteiger partial charge in [0.1, 0.15) is 5.82 Å². The van der Waals surface area contributed by atoms with E-state index < -0.39 is 0 Å². The topological polar surface area (TPSA) is 57.8 Å². The lowest BCUT2D eigenvalue weighted by molar-refractivity contribution is 0.367. The summed E-state index contributed by atoms with van der Waals surface area (Å²) in [5, 5.41) is 4.29. The van der Waals surface area contributed by atoms with Crippen LogP contribution in [0.25, 0.3) is 10.9 Å². The van der Waals surface area contributed by atoms with Gasteiger partial charge in [-0.05, 0) is 42.5 Å². The molecule has 1 aromatic heterocycles. The monoisotopic (exact) mass is 363 g/mol. The average molecular weight is 364 g/mol. The van der Waals surface area contributed by atoms with Crippen molar-refractivity contribution in [3.8, 4) is 0 Å². The summed E-state index contributed by atoms with van der Waals surface area (Å²) in [6.45, 7) is 8.67. The van der Waals surface area contributed by atoms with Gasteiger partial charge in [-0.25, -0.2) is 4.98 Å². The summed E-state index contributed by atoms with van der Waals surface area (Å²) in [6.07, 6.45) is 2.27. The predicted octanol–water partition coefficient (Wildman–Crippen LogP) is 4.92. The van der Waals surface area contributed by atoms with Gasteiger partial charge in [0, 0.05) is 6.04 Å². The molecule has 0 aliphatic heterocycles. The second kappa shape index (κ2) is 8.49. The molecule has 2 N–H and O–H groups in total. The van der Waals surface area contributed by atoms with Crippen LogP contribution in [-0.4, -0.2) is 9.97 Å². The maximum Gasteiger partial charge on any atom is 0.258 e. The van der Waals surface area contributed by atoms with Gasteiger partial charge in [0.2, 0.25) is 0 Å². The lowest BCUT2D eigenvalue weighted by Crippen LogP contribution is -2.30. The lowest BCUT2D eigenvalue weighted by atomic mass is 9.94. The lowest BCUT2D eigenvalue weighted by Gasteiger charge is -2.27. The van der Waals surface area contributed by atoms with Crippen molar-refractivity contribution in [3.05, 3.63) is 75.8 Å². The minimum Gasteiger partial charge on any atom is -0.309 e. The van der Waals surface area contributed by atoms with Crippen LogP contribution >= 0.6 is 0 Å². The molecule has 0 fully saturated rings. The van der Waals surface area contributed by atoms with Crippen LogP contribution in [0.3, 0.4) is 0 Å². The number of para-hydroxylation sites is 1. The van der Waals surface area contributed by atoms with Gasteiger partial charge in [-0.3, -0.25) is 4.79 Å². The fraction of sp³-hybridized carbons (Fsp3) is 0.391. The SMILES string of the molecule is CCCc1ccc([C@H](N[C@@H](C)c2nc3ccccc3c(=O)[nH]2)C(C)C)cc1. The van der Waals surface area contributed by atoms with Crippen molar-refractivity contribution in [3.63, 3.8) is 0 Å². The third-order valence-electron chi connectivity index (χ3n) is 5.02. The number of hydrogen-bond acceptors (Lipinski definition) is 3. The first-order valence-corrected chi connectivity index (χ1v) is 9.83. The number of aromatic amines is 1. The van der Waals surface area contributed by atoms with E-state index in [4.69, 9.17) is 0 Å². The summed E-state index contributed by atoms with van der Waals surface area (Å²) in [5.74, 6) is 1.09. The van der Waals surface area contributed by atoms with Gasteiger partial charge in [-0.15, -0.1) is 0 Å². The van der Waals surface area contributed by atoms with E-state index in [0.717, 1.165) is 18.4 Å². The Labute approximate surface area is 161 Å². The molecule has 0 saturated heterocycles. The molecule has 3 aromatic rings. The molecule has 4 nitrogen and oxygen atoms in total. The van der Waals surface area contributed by atoms with E-state index in [9.17, 15) is 4.79 Å². The molecule has 0 bridgehead atoms. The van der Waals surface area contributed by atoms with Crippen LogP contribution in [0.5, 0.6) is 0 Å². The van der Waals surface area contributed by atoms with Crippen LogP contribution in [0, 0.1) is 5.92 Å². The highest BCUT2D eigenvalue weighted by Gasteiger charge is 2.20. The molecule has 3 rings (SSSR count). The minimum atomic E-state index is -0.0886. The average Bonchev–Trinajstić information content (AvgIpc) is 2.66. The van der Waals surface area contributed by atoms with Crippen LogP contribution in [0.15, 0.2) is 53.3 Å². The Balaban J connectivity index is 1.85. The van der Waals surface area contributed by atoms with Gasteiger partial charge in [-0.1, -0.05) is 63.6 Å². The fourth-order valence-electron chi connectivity index (χ4n) is 3.51. The number of H-pyrrole nitrogens is 1. The zero-order valence-corrected chi connectivity index (χ0v) is 16.6. The molecule has 0 amide bonds. The quantitative estimate of drug-likeness (QED) is 0.626. The van der Waals surface area contributed by atoms with Crippen LogP contribution in [0.4, 0.5) is 0 Å². The summed E-state index contributed by atoms with van der Waals surface area (Å²) < 4.78 is 0. The molecule has 2 atom stereocenters. The molecule has 0 aliphatic rings. The van der Waals surface area contributed by atoms with Gasteiger partial charge in [-0.2, -0.15) is 0 Å². The largest absolute Gasteiger partial charge is 0.309 e. The fourth-order valence-corrected chi connectivity index (χ4v) is 3.51. The van der Waals surface area contributed by atoms with E-state index in [2.05, 4.69) is 60.3 Å². The van der Waals surface area contributed by atoms with Crippen molar-refractivity contribution in [1.82, 2.24) is 15.3 Å². The van der Waals surface area contributed by atoms with E-state index >= 15 is 0 Å². The molecule has 0 radical (unpaired) electrons.